The Balaban J connectivity index is 1.55. The van der Waals surface area contributed by atoms with E-state index in [0.717, 1.165) is 48.6 Å². The van der Waals surface area contributed by atoms with Gasteiger partial charge in [-0.3, -0.25) is 4.68 Å². The van der Waals surface area contributed by atoms with Crippen LogP contribution in [0.25, 0.3) is 11.3 Å². The number of rotatable bonds is 9. The number of nitrogens with zero attached hydrogens (tertiary/aromatic N) is 5. The molecule has 11 nitrogen and oxygen atoms in total. The van der Waals surface area contributed by atoms with Crippen LogP contribution in [-0.4, -0.2) is 61.5 Å². The van der Waals surface area contributed by atoms with Crippen LogP contribution in [0.4, 0.5) is 11.6 Å². The van der Waals surface area contributed by atoms with E-state index in [1.807, 2.05) is 56.3 Å². The van der Waals surface area contributed by atoms with E-state index in [1.54, 1.807) is 14.2 Å². The lowest BCUT2D eigenvalue weighted by atomic mass is 10.00. The van der Waals surface area contributed by atoms with E-state index in [-0.39, 0.29) is 16.7 Å². The average molecular weight is 564 g/mol. The highest BCUT2D eigenvalue weighted by atomic mass is 32.2. The van der Waals surface area contributed by atoms with Crippen LogP contribution in [0, 0.1) is 6.92 Å². The molecule has 2 aromatic carbocycles. The largest absolute Gasteiger partial charge is 0.497 e. The third-order valence-electron chi connectivity index (χ3n) is 6.76. The molecule has 0 aliphatic carbocycles. The Labute approximate surface area is 234 Å². The Morgan fingerprint density at radius 3 is 2.40 bits per heavy atom. The topological polar surface area (TPSA) is 124 Å². The van der Waals surface area contributed by atoms with Crippen molar-refractivity contribution in [1.82, 2.24) is 25.1 Å². The molecule has 12 heteroatoms. The molecule has 1 aliphatic heterocycles. The van der Waals surface area contributed by atoms with Gasteiger partial charge in [-0.1, -0.05) is 6.92 Å². The first-order valence-electron chi connectivity index (χ1n) is 13.1. The Hall–Kier alpha value is -4.16. The van der Waals surface area contributed by atoms with Crippen molar-refractivity contribution in [3.05, 3.63) is 66.0 Å². The van der Waals surface area contributed by atoms with Gasteiger partial charge >= 0.3 is 0 Å². The fourth-order valence-corrected chi connectivity index (χ4v) is 5.57. The second-order valence-electron chi connectivity index (χ2n) is 9.50. The highest BCUT2D eigenvalue weighted by Gasteiger charge is 2.23. The van der Waals surface area contributed by atoms with Crippen molar-refractivity contribution in [2.75, 3.05) is 42.9 Å². The summed E-state index contributed by atoms with van der Waals surface area (Å²) in [6.07, 6.45) is 3.24. The molecule has 1 saturated heterocycles. The van der Waals surface area contributed by atoms with E-state index in [1.165, 1.54) is 17.1 Å². The van der Waals surface area contributed by atoms with Gasteiger partial charge < -0.3 is 19.7 Å². The van der Waals surface area contributed by atoms with Crippen LogP contribution in [0.2, 0.25) is 0 Å². The Morgan fingerprint density at radius 1 is 1.05 bits per heavy atom. The zero-order valence-corrected chi connectivity index (χ0v) is 23.8. The molecule has 0 amide bonds. The van der Waals surface area contributed by atoms with E-state index in [0.29, 0.717) is 23.6 Å². The van der Waals surface area contributed by atoms with E-state index in [4.69, 9.17) is 9.47 Å². The molecule has 3 heterocycles. The summed E-state index contributed by atoms with van der Waals surface area (Å²) in [6, 6.07) is 13.5. The highest BCUT2D eigenvalue weighted by Crippen LogP contribution is 2.36. The second kappa shape index (κ2) is 11.5. The lowest BCUT2D eigenvalue weighted by Crippen LogP contribution is -2.43. The number of ether oxygens (including phenoxy) is 2. The quantitative estimate of drug-likeness (QED) is 0.313. The van der Waals surface area contributed by atoms with Crippen LogP contribution in [-0.2, 0) is 23.5 Å². The van der Waals surface area contributed by atoms with Crippen LogP contribution in [0.1, 0.15) is 18.1 Å². The standard InChI is InChI=1S/C28H33N7O4S/c1-5-24-26(25-11-10-22(38-4)16-19(25)2)31-28(33-40(36,37)23-17-30-34(3)18-23)32-27(24)39-21-8-6-20(7-9-21)35-14-12-29-13-15-35/h6-11,16-18,29H,5,12-15H2,1-4H3,(H,31,32,33). The molecule has 0 spiro atoms. The van der Waals surface area contributed by atoms with Crippen molar-refractivity contribution in [2.45, 2.75) is 25.2 Å². The van der Waals surface area contributed by atoms with Gasteiger partial charge in [0.05, 0.1) is 19.0 Å². The first kappa shape index (κ1) is 27.4. The molecule has 0 atom stereocenters. The smallest absolute Gasteiger partial charge is 0.267 e. The monoisotopic (exact) mass is 563 g/mol. The molecule has 2 N–H and O–H groups in total. The number of sulfonamides is 1. The Bertz CT molecular complexity index is 1600. The maximum Gasteiger partial charge on any atom is 0.267 e. The molecule has 0 radical (unpaired) electrons. The number of anilines is 2. The minimum atomic E-state index is -3.98. The third-order valence-corrected chi connectivity index (χ3v) is 8.04. The van der Waals surface area contributed by atoms with Gasteiger partial charge in [0.25, 0.3) is 10.0 Å². The molecule has 1 fully saturated rings. The van der Waals surface area contributed by atoms with Gasteiger partial charge in [0.1, 0.15) is 16.4 Å². The minimum Gasteiger partial charge on any atom is -0.497 e. The first-order valence-corrected chi connectivity index (χ1v) is 14.6. The van der Waals surface area contributed by atoms with Crippen LogP contribution < -0.4 is 24.4 Å². The summed E-state index contributed by atoms with van der Waals surface area (Å²) in [5.74, 6) is 1.48. The molecule has 2 aromatic heterocycles. The molecule has 210 valence electrons. The summed E-state index contributed by atoms with van der Waals surface area (Å²) in [6.45, 7) is 7.72. The van der Waals surface area contributed by atoms with Gasteiger partial charge in [0.2, 0.25) is 11.8 Å². The van der Waals surface area contributed by atoms with Crippen LogP contribution in [0.5, 0.6) is 17.4 Å². The van der Waals surface area contributed by atoms with Crippen molar-refractivity contribution >= 4 is 21.7 Å². The molecule has 5 rings (SSSR count). The lowest BCUT2D eigenvalue weighted by molar-refractivity contribution is 0.414. The molecular formula is C28H33N7O4S. The van der Waals surface area contributed by atoms with Gasteiger partial charge in [0.15, 0.2) is 0 Å². The fraction of sp³-hybridized carbons (Fsp3) is 0.321. The molecule has 40 heavy (non-hydrogen) atoms. The van der Waals surface area contributed by atoms with Crippen LogP contribution in [0.3, 0.4) is 0 Å². The average Bonchev–Trinajstić information content (AvgIpc) is 3.41. The Kier molecular flexibility index (Phi) is 7.90. The predicted molar refractivity (Wildman–Crippen MR) is 154 cm³/mol. The number of hydrogen-bond acceptors (Lipinski definition) is 9. The predicted octanol–water partition coefficient (Wildman–Crippen LogP) is 3.76. The van der Waals surface area contributed by atoms with Crippen LogP contribution >= 0.6 is 0 Å². The van der Waals surface area contributed by atoms with Gasteiger partial charge in [-0.05, 0) is 61.4 Å². The van der Waals surface area contributed by atoms with Gasteiger partial charge in [-0.2, -0.15) is 10.1 Å². The number of aromatic nitrogens is 4. The maximum absolute atomic E-state index is 13.1. The summed E-state index contributed by atoms with van der Waals surface area (Å²) in [4.78, 5) is 11.5. The van der Waals surface area contributed by atoms with Gasteiger partial charge in [0, 0.05) is 56.2 Å². The maximum atomic E-state index is 13.1. The summed E-state index contributed by atoms with van der Waals surface area (Å²) in [5, 5.41) is 7.33. The van der Waals surface area contributed by atoms with Gasteiger partial charge in [-0.15, -0.1) is 0 Å². The minimum absolute atomic E-state index is 0.00585. The number of piperazine rings is 1. The summed E-state index contributed by atoms with van der Waals surface area (Å²) in [5.41, 5.74) is 4.19. The van der Waals surface area contributed by atoms with E-state index >= 15 is 0 Å². The number of methoxy groups -OCH3 is 1. The molecular weight excluding hydrogens is 530 g/mol. The molecule has 0 unspecified atom stereocenters. The van der Waals surface area contributed by atoms with Crippen LogP contribution in [0.15, 0.2) is 59.8 Å². The third kappa shape index (κ3) is 5.87. The van der Waals surface area contributed by atoms with Crippen molar-refractivity contribution in [3.8, 4) is 28.6 Å². The van der Waals surface area contributed by atoms with E-state index in [9.17, 15) is 8.42 Å². The molecule has 1 aliphatic rings. The Morgan fingerprint density at radius 2 is 1.77 bits per heavy atom. The van der Waals surface area contributed by atoms with Crippen molar-refractivity contribution in [3.63, 3.8) is 0 Å². The number of benzene rings is 2. The SMILES string of the molecule is CCc1c(Oc2ccc(N3CCNCC3)cc2)nc(NS(=O)(=O)c2cnn(C)c2)nc1-c1ccc(OC)cc1C. The zero-order valence-electron chi connectivity index (χ0n) is 23.0. The molecule has 4 aromatic rings. The molecule has 0 saturated carbocycles. The zero-order chi connectivity index (χ0) is 28.3. The number of nitrogens with one attached hydrogen (secondary N) is 2. The summed E-state index contributed by atoms with van der Waals surface area (Å²) < 4.78 is 41.8. The fourth-order valence-electron chi connectivity index (χ4n) is 4.64. The second-order valence-corrected chi connectivity index (χ2v) is 11.2. The normalized spacial score (nSPS) is 13.8. The van der Waals surface area contributed by atoms with E-state index in [2.05, 4.69) is 30.0 Å². The van der Waals surface area contributed by atoms with Crippen molar-refractivity contribution < 1.29 is 17.9 Å². The first-order chi connectivity index (χ1) is 19.3. The lowest BCUT2D eigenvalue weighted by Gasteiger charge is -2.29. The van der Waals surface area contributed by atoms with E-state index < -0.39 is 10.0 Å². The summed E-state index contributed by atoms with van der Waals surface area (Å²) in [7, 11) is -0.723. The summed E-state index contributed by atoms with van der Waals surface area (Å²) >= 11 is 0. The van der Waals surface area contributed by atoms with Gasteiger partial charge in [-0.25, -0.2) is 18.1 Å². The van der Waals surface area contributed by atoms with Crippen molar-refractivity contribution in [2.24, 2.45) is 7.05 Å². The number of aryl methyl sites for hydroxylation is 2. The van der Waals surface area contributed by atoms with Crippen molar-refractivity contribution in [1.29, 1.82) is 0 Å². The molecule has 0 bridgehead atoms. The number of hydrogen-bond donors (Lipinski definition) is 2. The highest BCUT2D eigenvalue weighted by molar-refractivity contribution is 7.92.